The fourth-order valence-corrected chi connectivity index (χ4v) is 1.16. The van der Waals surface area contributed by atoms with Crippen LogP contribution in [0.15, 0.2) is 0 Å². The molecule has 1 N–H and O–H groups in total. The summed E-state index contributed by atoms with van der Waals surface area (Å²) < 4.78 is 4.74. The van der Waals surface area contributed by atoms with Crippen molar-refractivity contribution in [3.63, 3.8) is 0 Å². The number of nitrogens with one attached hydrogen (secondary N) is 1. The monoisotopic (exact) mass is 171 g/mol. The number of hydrogen-bond donors (Lipinski definition) is 1. The van der Waals surface area contributed by atoms with Crippen LogP contribution >= 0.6 is 0 Å². The molecule has 1 unspecified atom stereocenters. The molecule has 0 aliphatic carbocycles. The molecule has 1 heterocycles. The van der Waals surface area contributed by atoms with Gasteiger partial charge in [0, 0.05) is 0 Å². The molecule has 4 nitrogen and oxygen atoms in total. The average Bonchev–Trinajstić information content (AvgIpc) is 2.51. The van der Waals surface area contributed by atoms with E-state index < -0.39 is 0 Å². The van der Waals surface area contributed by atoms with E-state index in [2.05, 4.69) is 5.32 Å². The van der Waals surface area contributed by atoms with E-state index in [9.17, 15) is 9.59 Å². The van der Waals surface area contributed by atoms with Crippen LogP contribution in [0.4, 0.5) is 0 Å². The van der Waals surface area contributed by atoms with E-state index in [-0.39, 0.29) is 24.4 Å². The van der Waals surface area contributed by atoms with Crippen molar-refractivity contribution < 1.29 is 14.3 Å². The first-order valence-corrected chi connectivity index (χ1v) is 4.09. The highest BCUT2D eigenvalue weighted by Gasteiger charge is 2.23. The maximum Gasteiger partial charge on any atom is 0.323 e. The molecule has 68 valence electrons. The predicted molar refractivity (Wildman–Crippen MR) is 42.7 cm³/mol. The van der Waals surface area contributed by atoms with Crippen molar-refractivity contribution in [2.75, 3.05) is 13.2 Å². The number of hydrogen-bond acceptors (Lipinski definition) is 4. The molecule has 12 heavy (non-hydrogen) atoms. The minimum Gasteiger partial charge on any atom is -0.457 e. The van der Waals surface area contributed by atoms with Crippen LogP contribution in [0.1, 0.15) is 19.8 Å². The van der Waals surface area contributed by atoms with Gasteiger partial charge in [-0.3, -0.25) is 9.59 Å². The molecule has 0 aromatic heterocycles. The molecule has 0 aromatic rings. The summed E-state index contributed by atoms with van der Waals surface area (Å²) in [6.45, 7) is 2.16. The van der Waals surface area contributed by atoms with Crippen molar-refractivity contribution >= 4 is 11.8 Å². The van der Waals surface area contributed by atoms with Gasteiger partial charge in [-0.05, 0) is 26.3 Å². The lowest BCUT2D eigenvalue weighted by Crippen LogP contribution is -2.33. The zero-order chi connectivity index (χ0) is 8.97. The molecule has 0 saturated carbocycles. The molecule has 1 saturated heterocycles. The van der Waals surface area contributed by atoms with E-state index in [4.69, 9.17) is 4.74 Å². The topological polar surface area (TPSA) is 55.4 Å². The number of ether oxygens (including phenoxy) is 1. The summed E-state index contributed by atoms with van der Waals surface area (Å²) >= 11 is 0. The Bertz CT molecular complexity index is 185. The second-order valence-electron chi connectivity index (χ2n) is 2.96. The largest absolute Gasteiger partial charge is 0.457 e. The standard InChI is InChI=1S/C8H13NO3/c1-6(10)5-12-8(11)7-3-2-4-9-7/h7,9H,2-5H2,1H3. The average molecular weight is 171 g/mol. The third kappa shape index (κ3) is 2.62. The van der Waals surface area contributed by atoms with Crippen molar-refractivity contribution in [1.29, 1.82) is 0 Å². The van der Waals surface area contributed by atoms with Gasteiger partial charge in [0.2, 0.25) is 0 Å². The number of rotatable bonds is 3. The zero-order valence-electron chi connectivity index (χ0n) is 7.13. The van der Waals surface area contributed by atoms with Gasteiger partial charge >= 0.3 is 5.97 Å². The Labute approximate surface area is 71.3 Å². The smallest absolute Gasteiger partial charge is 0.323 e. The summed E-state index contributed by atoms with van der Waals surface area (Å²) in [6, 6.07) is -0.190. The Morgan fingerprint density at radius 3 is 2.83 bits per heavy atom. The second kappa shape index (κ2) is 4.21. The van der Waals surface area contributed by atoms with Gasteiger partial charge in [-0.15, -0.1) is 0 Å². The molecule has 0 spiro atoms. The lowest BCUT2D eigenvalue weighted by molar-refractivity contribution is -0.149. The molecule has 1 rings (SSSR count). The highest BCUT2D eigenvalue weighted by Crippen LogP contribution is 2.06. The quantitative estimate of drug-likeness (QED) is 0.601. The van der Waals surface area contributed by atoms with Crippen LogP contribution < -0.4 is 5.32 Å². The predicted octanol–water partition coefficient (Wildman–Crippen LogP) is -0.129. The van der Waals surface area contributed by atoms with Gasteiger partial charge in [-0.25, -0.2) is 0 Å². The van der Waals surface area contributed by atoms with Gasteiger partial charge < -0.3 is 10.1 Å². The highest BCUT2D eigenvalue weighted by molar-refractivity contribution is 5.82. The minimum absolute atomic E-state index is 0.100. The van der Waals surface area contributed by atoms with Crippen LogP contribution in [0.5, 0.6) is 0 Å². The number of Topliss-reactive ketones (excluding diaryl/α,β-unsaturated/α-hetero) is 1. The van der Waals surface area contributed by atoms with E-state index in [1.165, 1.54) is 6.92 Å². The fourth-order valence-electron chi connectivity index (χ4n) is 1.16. The molecule has 1 atom stereocenters. The molecular formula is C8H13NO3. The van der Waals surface area contributed by atoms with Crippen molar-refractivity contribution in [2.24, 2.45) is 0 Å². The summed E-state index contributed by atoms with van der Waals surface area (Å²) in [7, 11) is 0. The maximum atomic E-state index is 11.1. The lowest BCUT2D eigenvalue weighted by Gasteiger charge is -2.08. The number of esters is 1. The van der Waals surface area contributed by atoms with Gasteiger partial charge in [0.05, 0.1) is 0 Å². The number of carbonyl (C=O) groups excluding carboxylic acids is 2. The SMILES string of the molecule is CC(=O)COC(=O)C1CCCN1. The summed E-state index contributed by atoms with van der Waals surface area (Å²) in [4.78, 5) is 21.6. The molecule has 0 aromatic carbocycles. The van der Waals surface area contributed by atoms with Crippen molar-refractivity contribution in [1.82, 2.24) is 5.32 Å². The first-order chi connectivity index (χ1) is 5.70. The van der Waals surface area contributed by atoms with E-state index in [1.807, 2.05) is 0 Å². The van der Waals surface area contributed by atoms with Crippen LogP contribution in [0.2, 0.25) is 0 Å². The van der Waals surface area contributed by atoms with Crippen LogP contribution in [-0.4, -0.2) is 30.9 Å². The van der Waals surface area contributed by atoms with Crippen LogP contribution in [0.25, 0.3) is 0 Å². The molecule has 0 radical (unpaired) electrons. The normalized spacial score (nSPS) is 22.2. The van der Waals surface area contributed by atoms with Gasteiger partial charge in [0.1, 0.15) is 12.6 Å². The third-order valence-corrected chi connectivity index (χ3v) is 1.76. The Hall–Kier alpha value is -0.900. The van der Waals surface area contributed by atoms with E-state index >= 15 is 0 Å². The number of carbonyl (C=O) groups is 2. The first kappa shape index (κ1) is 9.19. The van der Waals surface area contributed by atoms with Gasteiger partial charge in [0.25, 0.3) is 0 Å². The van der Waals surface area contributed by atoms with E-state index in [0.29, 0.717) is 0 Å². The summed E-state index contributed by atoms with van der Waals surface area (Å²) in [5.41, 5.74) is 0. The lowest BCUT2D eigenvalue weighted by atomic mass is 10.2. The Morgan fingerprint density at radius 1 is 1.58 bits per heavy atom. The van der Waals surface area contributed by atoms with Gasteiger partial charge in [-0.2, -0.15) is 0 Å². The highest BCUT2D eigenvalue weighted by atomic mass is 16.5. The molecule has 4 heteroatoms. The van der Waals surface area contributed by atoms with Gasteiger partial charge in [-0.1, -0.05) is 0 Å². The Morgan fingerprint density at radius 2 is 2.33 bits per heavy atom. The molecule has 1 aliphatic rings. The van der Waals surface area contributed by atoms with Crippen molar-refractivity contribution in [2.45, 2.75) is 25.8 Å². The molecule has 1 aliphatic heterocycles. The second-order valence-corrected chi connectivity index (χ2v) is 2.96. The summed E-state index contributed by atoms with van der Waals surface area (Å²) in [5.74, 6) is -0.427. The first-order valence-electron chi connectivity index (χ1n) is 4.09. The van der Waals surface area contributed by atoms with E-state index in [0.717, 1.165) is 19.4 Å². The molecule has 0 bridgehead atoms. The fraction of sp³-hybridized carbons (Fsp3) is 0.750. The maximum absolute atomic E-state index is 11.1. The van der Waals surface area contributed by atoms with Crippen LogP contribution in [0.3, 0.4) is 0 Å². The van der Waals surface area contributed by atoms with Crippen molar-refractivity contribution in [3.05, 3.63) is 0 Å². The van der Waals surface area contributed by atoms with Crippen LogP contribution in [0, 0.1) is 0 Å². The molecule has 0 amide bonds. The molecule has 1 fully saturated rings. The van der Waals surface area contributed by atoms with Gasteiger partial charge in [0.15, 0.2) is 5.78 Å². The Kier molecular flexibility index (Phi) is 3.22. The Balaban J connectivity index is 2.23. The summed E-state index contributed by atoms with van der Waals surface area (Å²) in [5, 5.41) is 2.99. The van der Waals surface area contributed by atoms with E-state index in [1.54, 1.807) is 0 Å². The molecular weight excluding hydrogens is 158 g/mol. The minimum atomic E-state index is -0.303. The summed E-state index contributed by atoms with van der Waals surface area (Å²) in [6.07, 6.45) is 1.82. The third-order valence-electron chi connectivity index (χ3n) is 1.76. The van der Waals surface area contributed by atoms with Crippen molar-refractivity contribution in [3.8, 4) is 0 Å². The zero-order valence-corrected chi connectivity index (χ0v) is 7.13. The number of ketones is 1. The van der Waals surface area contributed by atoms with Crippen LogP contribution in [-0.2, 0) is 14.3 Å².